The quantitative estimate of drug-likeness (QED) is 0.370. The topological polar surface area (TPSA) is 64.7 Å². The molecule has 0 saturated heterocycles. The summed E-state index contributed by atoms with van der Waals surface area (Å²) in [4.78, 5) is 17.1. The van der Waals surface area contributed by atoms with E-state index in [1.54, 1.807) is 24.4 Å². The number of nitrogens with zero attached hydrogens (tertiary/aromatic N) is 4. The van der Waals surface area contributed by atoms with Gasteiger partial charge in [0.25, 0.3) is 5.91 Å². The second-order valence-electron chi connectivity index (χ2n) is 7.99. The lowest BCUT2D eigenvalue weighted by Gasteiger charge is -2.14. The van der Waals surface area contributed by atoms with Crippen molar-refractivity contribution < 1.29 is 22.4 Å². The minimum atomic E-state index is -4.94. The lowest BCUT2D eigenvalue weighted by atomic mass is 10.1. The molecule has 34 heavy (non-hydrogen) atoms. The van der Waals surface area contributed by atoms with E-state index in [1.807, 2.05) is 30.7 Å². The van der Waals surface area contributed by atoms with E-state index in [1.165, 1.54) is 12.1 Å². The van der Waals surface area contributed by atoms with Crippen LogP contribution in [0.2, 0.25) is 0 Å². The molecule has 0 bridgehead atoms. The van der Waals surface area contributed by atoms with Gasteiger partial charge < -0.3 is 9.88 Å². The normalized spacial score (nSPS) is 11.7. The van der Waals surface area contributed by atoms with Gasteiger partial charge in [-0.3, -0.25) is 4.79 Å². The zero-order valence-electron chi connectivity index (χ0n) is 18.3. The molecule has 176 valence electrons. The Morgan fingerprint density at radius 1 is 1.12 bits per heavy atom. The summed E-state index contributed by atoms with van der Waals surface area (Å²) in [5, 5.41) is 6.15. The van der Waals surface area contributed by atoms with E-state index in [-0.39, 0.29) is 5.92 Å². The smallest absolute Gasteiger partial charge is 0.330 e. The van der Waals surface area contributed by atoms with Gasteiger partial charge in [-0.2, -0.15) is 18.3 Å². The summed E-state index contributed by atoms with van der Waals surface area (Å²) in [6.07, 6.45) is -0.614. The Hall–Kier alpha value is -3.95. The minimum absolute atomic E-state index is 0.213. The minimum Gasteiger partial charge on any atom is -0.330 e. The van der Waals surface area contributed by atoms with Crippen LogP contribution < -0.4 is 5.32 Å². The Labute approximate surface area is 192 Å². The number of hydrogen-bond acceptors (Lipinski definition) is 3. The lowest BCUT2D eigenvalue weighted by molar-refractivity contribution is -0.143. The highest BCUT2D eigenvalue weighted by Crippen LogP contribution is 2.34. The molecule has 0 unspecified atom stereocenters. The molecular formula is C24H21F4N5O. The summed E-state index contributed by atoms with van der Waals surface area (Å²) in [6, 6.07) is 11.7. The molecule has 4 rings (SSSR count). The van der Waals surface area contributed by atoms with Crippen molar-refractivity contribution >= 4 is 11.6 Å². The molecule has 6 nitrogen and oxygen atoms in total. The van der Waals surface area contributed by atoms with Crippen molar-refractivity contribution in [3.8, 4) is 5.69 Å². The van der Waals surface area contributed by atoms with E-state index in [4.69, 9.17) is 0 Å². The highest BCUT2D eigenvalue weighted by molar-refractivity contribution is 6.05. The van der Waals surface area contributed by atoms with Crippen LogP contribution in [0.15, 0.2) is 67.1 Å². The first-order chi connectivity index (χ1) is 16.1. The third kappa shape index (κ3) is 4.70. The monoisotopic (exact) mass is 471 g/mol. The molecule has 0 spiro atoms. The van der Waals surface area contributed by atoms with Gasteiger partial charge in [-0.1, -0.05) is 38.1 Å². The van der Waals surface area contributed by atoms with Gasteiger partial charge in [-0.25, -0.2) is 14.1 Å². The summed E-state index contributed by atoms with van der Waals surface area (Å²) in [5.74, 6) is -0.789. The van der Waals surface area contributed by atoms with Gasteiger partial charge in [0.05, 0.1) is 11.8 Å². The van der Waals surface area contributed by atoms with E-state index in [2.05, 4.69) is 15.4 Å². The van der Waals surface area contributed by atoms with Crippen molar-refractivity contribution in [3.05, 3.63) is 95.6 Å². The predicted octanol–water partition coefficient (Wildman–Crippen LogP) is 5.65. The van der Waals surface area contributed by atoms with Crippen LogP contribution in [0.5, 0.6) is 0 Å². The maximum absolute atomic E-state index is 14.1. The zero-order chi connectivity index (χ0) is 24.5. The van der Waals surface area contributed by atoms with E-state index < -0.39 is 34.8 Å². The van der Waals surface area contributed by atoms with Crippen LogP contribution in [0.3, 0.4) is 0 Å². The number of aromatic nitrogens is 4. The Balaban J connectivity index is 1.62. The summed E-state index contributed by atoms with van der Waals surface area (Å²) < 4.78 is 58.1. The molecule has 2 aromatic carbocycles. The van der Waals surface area contributed by atoms with E-state index >= 15 is 0 Å². The largest absolute Gasteiger partial charge is 0.434 e. The van der Waals surface area contributed by atoms with Gasteiger partial charge >= 0.3 is 6.18 Å². The molecule has 10 heteroatoms. The molecule has 0 saturated carbocycles. The first kappa shape index (κ1) is 23.2. The van der Waals surface area contributed by atoms with E-state index in [9.17, 15) is 22.4 Å². The first-order valence-electron chi connectivity index (χ1n) is 10.5. The predicted molar refractivity (Wildman–Crippen MR) is 118 cm³/mol. The number of nitrogens with one attached hydrogen (secondary N) is 1. The highest BCUT2D eigenvalue weighted by atomic mass is 19.4. The van der Waals surface area contributed by atoms with Crippen molar-refractivity contribution in [2.24, 2.45) is 0 Å². The summed E-state index contributed by atoms with van der Waals surface area (Å²) in [5.41, 5.74) is -1.32. The zero-order valence-corrected chi connectivity index (χ0v) is 18.3. The standard InChI is InChI=1S/C24H21F4N5O/c1-15(2)22-29-10-11-32(22)14-16-6-5-7-17(12-16)31-23(34)18-13-30-33(21(18)24(26,27)28)20-9-4-3-8-19(20)25/h3-13,15H,14H2,1-2H3,(H,31,34). The highest BCUT2D eigenvalue weighted by Gasteiger charge is 2.41. The number of carbonyl (C=O) groups excluding carboxylic acids is 1. The fourth-order valence-corrected chi connectivity index (χ4v) is 3.69. The van der Waals surface area contributed by atoms with Crippen LogP contribution in [0.4, 0.5) is 23.2 Å². The van der Waals surface area contributed by atoms with E-state index in [0.717, 1.165) is 29.7 Å². The fraction of sp³-hybridized carbons (Fsp3) is 0.208. The summed E-state index contributed by atoms with van der Waals surface area (Å²) >= 11 is 0. The number of imidazole rings is 1. The Bertz CT molecular complexity index is 1320. The molecule has 0 atom stereocenters. The van der Waals surface area contributed by atoms with Crippen LogP contribution in [-0.4, -0.2) is 25.2 Å². The number of anilines is 1. The van der Waals surface area contributed by atoms with Crippen LogP contribution in [-0.2, 0) is 12.7 Å². The second kappa shape index (κ2) is 9.12. The molecule has 0 aliphatic carbocycles. The molecule has 1 N–H and O–H groups in total. The lowest BCUT2D eigenvalue weighted by Crippen LogP contribution is -2.21. The van der Waals surface area contributed by atoms with Gasteiger partial charge in [0.1, 0.15) is 17.3 Å². The van der Waals surface area contributed by atoms with Crippen molar-refractivity contribution in [3.63, 3.8) is 0 Å². The third-order valence-corrected chi connectivity index (χ3v) is 5.16. The van der Waals surface area contributed by atoms with Gasteiger partial charge in [0, 0.05) is 30.5 Å². The SMILES string of the molecule is CC(C)c1nccn1Cc1cccc(NC(=O)c2cnn(-c3ccccc3F)c2C(F)(F)F)c1. The van der Waals surface area contributed by atoms with Crippen molar-refractivity contribution in [2.75, 3.05) is 5.32 Å². The van der Waals surface area contributed by atoms with Crippen molar-refractivity contribution in [1.29, 1.82) is 0 Å². The Morgan fingerprint density at radius 2 is 1.88 bits per heavy atom. The number of halogens is 4. The number of hydrogen-bond donors (Lipinski definition) is 1. The van der Waals surface area contributed by atoms with Crippen LogP contribution in [0.25, 0.3) is 5.69 Å². The van der Waals surface area contributed by atoms with Gasteiger partial charge in [0.2, 0.25) is 0 Å². The van der Waals surface area contributed by atoms with Gasteiger partial charge in [-0.05, 0) is 29.8 Å². The molecular weight excluding hydrogens is 450 g/mol. The number of para-hydroxylation sites is 1. The Kier molecular flexibility index (Phi) is 6.23. The van der Waals surface area contributed by atoms with Crippen molar-refractivity contribution in [1.82, 2.24) is 19.3 Å². The average Bonchev–Trinajstić information content (AvgIpc) is 3.41. The maximum Gasteiger partial charge on any atom is 0.434 e. The molecule has 1 amide bonds. The molecule has 0 aliphatic rings. The van der Waals surface area contributed by atoms with E-state index in [0.29, 0.717) is 16.9 Å². The second-order valence-corrected chi connectivity index (χ2v) is 7.99. The number of carbonyl (C=O) groups is 1. The van der Waals surface area contributed by atoms with Gasteiger partial charge in [-0.15, -0.1) is 0 Å². The molecule has 0 fully saturated rings. The average molecular weight is 471 g/mol. The fourth-order valence-electron chi connectivity index (χ4n) is 3.69. The number of rotatable bonds is 6. The summed E-state index contributed by atoms with van der Waals surface area (Å²) in [6.45, 7) is 4.53. The van der Waals surface area contributed by atoms with Crippen LogP contribution in [0.1, 0.15) is 47.2 Å². The number of benzene rings is 2. The number of alkyl halides is 3. The summed E-state index contributed by atoms with van der Waals surface area (Å²) in [7, 11) is 0. The molecule has 0 aliphatic heterocycles. The third-order valence-electron chi connectivity index (χ3n) is 5.16. The first-order valence-corrected chi connectivity index (χ1v) is 10.5. The maximum atomic E-state index is 14.1. The Morgan fingerprint density at radius 3 is 2.59 bits per heavy atom. The molecule has 2 aromatic heterocycles. The molecule has 0 radical (unpaired) electrons. The molecule has 2 heterocycles. The molecule has 4 aromatic rings. The number of amides is 1. The van der Waals surface area contributed by atoms with Crippen molar-refractivity contribution in [2.45, 2.75) is 32.5 Å². The van der Waals surface area contributed by atoms with Crippen LogP contribution >= 0.6 is 0 Å². The van der Waals surface area contributed by atoms with Gasteiger partial charge in [0.15, 0.2) is 5.69 Å². The van der Waals surface area contributed by atoms with Crippen LogP contribution in [0, 0.1) is 5.82 Å².